The molecule has 30 heavy (non-hydrogen) atoms. The van der Waals surface area contributed by atoms with Gasteiger partial charge in [0.15, 0.2) is 0 Å². The van der Waals surface area contributed by atoms with E-state index >= 15 is 0 Å². The van der Waals surface area contributed by atoms with Crippen LogP contribution in [0, 0.1) is 0 Å². The quantitative estimate of drug-likeness (QED) is 0.555. The minimum atomic E-state index is -0.251. The van der Waals surface area contributed by atoms with Gasteiger partial charge < -0.3 is 19.0 Å². The Morgan fingerprint density at radius 3 is 2.63 bits per heavy atom. The zero-order valence-electron chi connectivity index (χ0n) is 17.0. The summed E-state index contributed by atoms with van der Waals surface area (Å²) in [5.74, 6) is 0.293. The van der Waals surface area contributed by atoms with Gasteiger partial charge in [0.05, 0.1) is 29.0 Å². The number of rotatable bonds is 9. The van der Waals surface area contributed by atoms with E-state index in [4.69, 9.17) is 32.4 Å². The predicted molar refractivity (Wildman–Crippen MR) is 116 cm³/mol. The van der Waals surface area contributed by atoms with Crippen LogP contribution in [0.1, 0.15) is 42.3 Å². The molecule has 1 aliphatic heterocycles. The molecule has 1 aromatic carbocycles. The second-order valence-corrected chi connectivity index (χ2v) is 8.16. The van der Waals surface area contributed by atoms with E-state index in [0.29, 0.717) is 47.6 Å². The van der Waals surface area contributed by atoms with Crippen LogP contribution in [0.2, 0.25) is 10.0 Å². The highest BCUT2D eigenvalue weighted by Gasteiger charge is 2.26. The van der Waals surface area contributed by atoms with E-state index in [-0.39, 0.29) is 24.5 Å². The second-order valence-electron chi connectivity index (χ2n) is 7.34. The minimum absolute atomic E-state index is 0.00862. The fourth-order valence-corrected chi connectivity index (χ4v) is 3.77. The fourth-order valence-electron chi connectivity index (χ4n) is 3.48. The first-order chi connectivity index (χ1) is 14.5. The highest BCUT2D eigenvalue weighted by Crippen LogP contribution is 2.23. The first kappa shape index (κ1) is 22.7. The second kappa shape index (κ2) is 10.8. The average molecular weight is 453 g/mol. The first-order valence-electron chi connectivity index (χ1n) is 10.1. The number of hydrogen-bond acceptors (Lipinski definition) is 4. The van der Waals surface area contributed by atoms with Crippen molar-refractivity contribution in [1.29, 1.82) is 0 Å². The first-order valence-corrected chi connectivity index (χ1v) is 10.9. The van der Waals surface area contributed by atoms with E-state index < -0.39 is 0 Å². The van der Waals surface area contributed by atoms with Crippen LogP contribution in [0.15, 0.2) is 41.0 Å². The molecule has 0 aliphatic carbocycles. The number of carbonyl (C=O) groups is 2. The molecule has 8 heteroatoms. The molecule has 2 amide bonds. The number of ether oxygens (including phenoxy) is 1. The van der Waals surface area contributed by atoms with Gasteiger partial charge in [-0.2, -0.15) is 0 Å². The smallest absolute Gasteiger partial charge is 0.254 e. The van der Waals surface area contributed by atoms with Crippen molar-refractivity contribution in [3.05, 3.63) is 58.0 Å². The normalized spacial score (nSPS) is 15.9. The molecule has 6 nitrogen and oxygen atoms in total. The maximum atomic E-state index is 13.2. The van der Waals surface area contributed by atoms with Crippen molar-refractivity contribution >= 4 is 35.0 Å². The van der Waals surface area contributed by atoms with Crippen LogP contribution in [-0.2, 0) is 16.1 Å². The van der Waals surface area contributed by atoms with E-state index in [9.17, 15) is 9.59 Å². The number of nitrogens with zero attached hydrogens (tertiary/aromatic N) is 2. The molecule has 1 aromatic heterocycles. The Hall–Kier alpha value is -2.02. The summed E-state index contributed by atoms with van der Waals surface area (Å²) in [5.41, 5.74) is 0.405. The Morgan fingerprint density at radius 1 is 1.17 bits per heavy atom. The van der Waals surface area contributed by atoms with Crippen LogP contribution in [0.3, 0.4) is 0 Å². The van der Waals surface area contributed by atoms with Crippen molar-refractivity contribution in [2.45, 2.75) is 38.8 Å². The molecule has 0 spiro atoms. The molecule has 1 aliphatic rings. The van der Waals surface area contributed by atoms with Crippen LogP contribution in [-0.4, -0.2) is 54.0 Å². The highest BCUT2D eigenvalue weighted by molar-refractivity contribution is 6.42. The van der Waals surface area contributed by atoms with Crippen molar-refractivity contribution in [3.8, 4) is 0 Å². The van der Waals surface area contributed by atoms with Gasteiger partial charge >= 0.3 is 0 Å². The summed E-state index contributed by atoms with van der Waals surface area (Å²) in [6, 6.07) is 8.37. The number of hydrogen-bond donors (Lipinski definition) is 0. The van der Waals surface area contributed by atoms with Gasteiger partial charge in [0, 0.05) is 25.3 Å². The van der Waals surface area contributed by atoms with Gasteiger partial charge in [-0.15, -0.1) is 0 Å². The molecule has 1 fully saturated rings. The molecule has 2 aromatic rings. The van der Waals surface area contributed by atoms with Crippen LogP contribution in [0.4, 0.5) is 0 Å². The summed E-state index contributed by atoms with van der Waals surface area (Å²) < 4.78 is 11.1. The lowest BCUT2D eigenvalue weighted by Gasteiger charge is -2.28. The third kappa shape index (κ3) is 6.00. The molecule has 1 saturated heterocycles. The number of carbonyl (C=O) groups excluding carboxylic acids is 2. The monoisotopic (exact) mass is 452 g/mol. The van der Waals surface area contributed by atoms with Crippen molar-refractivity contribution in [2.75, 3.05) is 26.2 Å². The lowest BCUT2D eigenvalue weighted by atomic mass is 10.2. The Bertz CT molecular complexity index is 851. The summed E-state index contributed by atoms with van der Waals surface area (Å²) >= 11 is 12.0. The maximum Gasteiger partial charge on any atom is 0.254 e. The zero-order chi connectivity index (χ0) is 21.5. The Labute approximate surface area is 186 Å². The molecule has 3 rings (SSSR count). The Balaban J connectivity index is 1.73. The molecule has 0 saturated carbocycles. The Morgan fingerprint density at radius 2 is 2.00 bits per heavy atom. The van der Waals surface area contributed by atoms with E-state index in [1.165, 1.54) is 6.07 Å². The van der Waals surface area contributed by atoms with Gasteiger partial charge in [-0.1, -0.05) is 30.1 Å². The lowest BCUT2D eigenvalue weighted by molar-refractivity contribution is -0.134. The zero-order valence-corrected chi connectivity index (χ0v) is 18.5. The number of amides is 2. The molecular formula is C22H26Cl2N2O4. The summed E-state index contributed by atoms with van der Waals surface area (Å²) in [4.78, 5) is 29.5. The fraction of sp³-hybridized carbons (Fsp3) is 0.455. The molecule has 0 radical (unpaired) electrons. The summed E-state index contributed by atoms with van der Waals surface area (Å²) in [6.45, 7) is 3.92. The van der Waals surface area contributed by atoms with Crippen LogP contribution in [0.25, 0.3) is 0 Å². The SMILES string of the molecule is CCCN(CC(=O)N(Cc1ccco1)CC1CCCO1)C(=O)c1ccc(Cl)c(Cl)c1. The molecule has 1 unspecified atom stereocenters. The number of benzene rings is 1. The molecule has 1 atom stereocenters. The van der Waals surface area contributed by atoms with Gasteiger partial charge in [0.2, 0.25) is 5.91 Å². The third-order valence-corrected chi connectivity index (χ3v) is 5.74. The molecule has 162 valence electrons. The van der Waals surface area contributed by atoms with E-state index in [0.717, 1.165) is 19.3 Å². The van der Waals surface area contributed by atoms with Crippen molar-refractivity contribution in [3.63, 3.8) is 0 Å². The van der Waals surface area contributed by atoms with Crippen LogP contribution < -0.4 is 0 Å². The van der Waals surface area contributed by atoms with Gasteiger partial charge in [-0.25, -0.2) is 0 Å². The van der Waals surface area contributed by atoms with E-state index in [2.05, 4.69) is 0 Å². The van der Waals surface area contributed by atoms with Crippen LogP contribution >= 0.6 is 23.2 Å². The topological polar surface area (TPSA) is 63.0 Å². The third-order valence-electron chi connectivity index (χ3n) is 5.00. The minimum Gasteiger partial charge on any atom is -0.467 e. The highest BCUT2D eigenvalue weighted by atomic mass is 35.5. The van der Waals surface area contributed by atoms with Gasteiger partial charge in [-0.3, -0.25) is 9.59 Å². The largest absolute Gasteiger partial charge is 0.467 e. The summed E-state index contributed by atoms with van der Waals surface area (Å²) in [6.07, 6.45) is 4.23. The van der Waals surface area contributed by atoms with Crippen molar-refractivity contribution in [1.82, 2.24) is 9.80 Å². The van der Waals surface area contributed by atoms with E-state index in [1.54, 1.807) is 34.3 Å². The molecule has 0 N–H and O–H groups in total. The number of furan rings is 1. The van der Waals surface area contributed by atoms with Gasteiger partial charge in [0.25, 0.3) is 5.91 Å². The van der Waals surface area contributed by atoms with Crippen molar-refractivity contribution in [2.24, 2.45) is 0 Å². The standard InChI is InChI=1S/C22H26Cl2N2O4/c1-2-9-25(22(28)16-7-8-19(23)20(24)12-16)15-21(27)26(13-17-5-3-10-29-17)14-18-6-4-11-30-18/h3,5,7-8,10,12,18H,2,4,6,9,11,13-15H2,1H3. The van der Waals surface area contributed by atoms with Crippen molar-refractivity contribution < 1.29 is 18.7 Å². The average Bonchev–Trinajstić information content (AvgIpc) is 3.43. The maximum absolute atomic E-state index is 13.2. The molecule has 2 heterocycles. The molecule has 0 bridgehead atoms. The van der Waals surface area contributed by atoms with E-state index in [1.807, 2.05) is 13.0 Å². The van der Waals surface area contributed by atoms with Gasteiger partial charge in [-0.05, 0) is 49.6 Å². The number of halogens is 2. The van der Waals surface area contributed by atoms with Crippen LogP contribution in [0.5, 0.6) is 0 Å². The molecular weight excluding hydrogens is 427 g/mol. The summed E-state index contributed by atoms with van der Waals surface area (Å²) in [7, 11) is 0. The lowest BCUT2D eigenvalue weighted by Crippen LogP contribution is -2.45. The van der Waals surface area contributed by atoms with Gasteiger partial charge in [0.1, 0.15) is 12.3 Å². The summed E-state index contributed by atoms with van der Waals surface area (Å²) in [5, 5.41) is 0.690. The predicted octanol–water partition coefficient (Wildman–Crippen LogP) is 4.65. The Kier molecular flexibility index (Phi) is 8.19.